The highest BCUT2D eigenvalue weighted by molar-refractivity contribution is 5.99. The number of hydrogen-bond donors (Lipinski definition) is 1. The standard InChI is InChI=1S/C26H26FN3O4/c1-15(33-20-11-8-17(9-12-20)23(31)16-6-7-16)26-29-24(30-34-26)18-10-13-21(22(27)14-18)25(32)28-19-4-2-3-5-19/h8-16,19H,2-7H2,1H3,(H,28,32). The second-order valence-electron chi connectivity index (χ2n) is 9.03. The minimum absolute atomic E-state index is 0.000293. The van der Waals surface area contributed by atoms with Crippen molar-refractivity contribution in [2.75, 3.05) is 0 Å². The largest absolute Gasteiger partial charge is 0.481 e. The Morgan fingerprint density at radius 1 is 1.09 bits per heavy atom. The molecule has 5 rings (SSSR count). The number of halogens is 1. The van der Waals surface area contributed by atoms with Crippen LogP contribution in [0.1, 0.15) is 78.2 Å². The van der Waals surface area contributed by atoms with E-state index in [1.807, 2.05) is 0 Å². The molecule has 3 aromatic rings. The van der Waals surface area contributed by atoms with Crippen LogP contribution in [0.2, 0.25) is 0 Å². The molecule has 1 N–H and O–H groups in total. The molecule has 2 fully saturated rings. The maximum atomic E-state index is 14.7. The molecule has 1 amide bonds. The molecule has 34 heavy (non-hydrogen) atoms. The van der Waals surface area contributed by atoms with Crippen molar-refractivity contribution in [3.63, 3.8) is 0 Å². The van der Waals surface area contributed by atoms with E-state index < -0.39 is 17.8 Å². The second-order valence-corrected chi connectivity index (χ2v) is 9.03. The Morgan fingerprint density at radius 3 is 2.50 bits per heavy atom. The van der Waals surface area contributed by atoms with Crippen LogP contribution in [-0.2, 0) is 0 Å². The summed E-state index contributed by atoms with van der Waals surface area (Å²) in [5.41, 5.74) is 1.09. The van der Waals surface area contributed by atoms with E-state index in [4.69, 9.17) is 9.26 Å². The van der Waals surface area contributed by atoms with E-state index in [0.29, 0.717) is 16.9 Å². The molecular weight excluding hydrogens is 437 g/mol. The summed E-state index contributed by atoms with van der Waals surface area (Å²) in [5.74, 6) is 0.317. The zero-order valence-electron chi connectivity index (χ0n) is 18.9. The molecule has 2 aliphatic carbocycles. The Morgan fingerprint density at radius 2 is 1.82 bits per heavy atom. The van der Waals surface area contributed by atoms with Crippen LogP contribution in [0.4, 0.5) is 4.39 Å². The number of benzene rings is 2. The first-order chi connectivity index (χ1) is 16.5. The predicted molar refractivity (Wildman–Crippen MR) is 122 cm³/mol. The van der Waals surface area contributed by atoms with Gasteiger partial charge in [-0.3, -0.25) is 9.59 Å². The Balaban J connectivity index is 1.23. The van der Waals surface area contributed by atoms with Crippen LogP contribution in [0.5, 0.6) is 5.75 Å². The number of hydrogen-bond acceptors (Lipinski definition) is 6. The van der Waals surface area contributed by atoms with E-state index >= 15 is 0 Å². The molecule has 0 bridgehead atoms. The number of nitrogens with zero attached hydrogens (tertiary/aromatic N) is 2. The highest BCUT2D eigenvalue weighted by Gasteiger charge is 2.30. The first kappa shape index (κ1) is 22.3. The molecule has 7 nitrogen and oxygen atoms in total. The number of aromatic nitrogens is 2. The van der Waals surface area contributed by atoms with Gasteiger partial charge in [0, 0.05) is 23.1 Å². The summed E-state index contributed by atoms with van der Waals surface area (Å²) >= 11 is 0. The topological polar surface area (TPSA) is 94.3 Å². The summed E-state index contributed by atoms with van der Waals surface area (Å²) < 4.78 is 25.8. The van der Waals surface area contributed by atoms with Gasteiger partial charge in [0.2, 0.25) is 5.82 Å². The smallest absolute Gasteiger partial charge is 0.267 e. The van der Waals surface area contributed by atoms with Crippen molar-refractivity contribution >= 4 is 11.7 Å². The van der Waals surface area contributed by atoms with Gasteiger partial charge in [-0.2, -0.15) is 4.98 Å². The Hall–Kier alpha value is -3.55. The van der Waals surface area contributed by atoms with Crippen LogP contribution in [0, 0.1) is 11.7 Å². The van der Waals surface area contributed by atoms with E-state index in [2.05, 4.69) is 15.5 Å². The highest BCUT2D eigenvalue weighted by Crippen LogP contribution is 2.33. The molecule has 0 radical (unpaired) electrons. The number of rotatable bonds is 8. The quantitative estimate of drug-likeness (QED) is 0.457. The summed E-state index contributed by atoms with van der Waals surface area (Å²) in [6.07, 6.45) is 5.41. The van der Waals surface area contributed by atoms with Gasteiger partial charge < -0.3 is 14.6 Å². The summed E-state index contributed by atoms with van der Waals surface area (Å²) in [7, 11) is 0. The second kappa shape index (κ2) is 9.37. The first-order valence-electron chi connectivity index (χ1n) is 11.7. The van der Waals surface area contributed by atoms with E-state index in [1.165, 1.54) is 12.1 Å². The summed E-state index contributed by atoms with van der Waals surface area (Å²) in [5, 5.41) is 6.83. The fourth-order valence-corrected chi connectivity index (χ4v) is 4.22. The first-order valence-corrected chi connectivity index (χ1v) is 11.7. The van der Waals surface area contributed by atoms with Crippen molar-refractivity contribution in [3.05, 3.63) is 65.3 Å². The number of amides is 1. The SMILES string of the molecule is CC(Oc1ccc(C(=O)C2CC2)cc1)c1nc(-c2ccc(C(=O)NC3CCCC3)c(F)c2)no1. The van der Waals surface area contributed by atoms with Gasteiger partial charge in [0.15, 0.2) is 11.9 Å². The molecule has 0 aliphatic heterocycles. The Labute approximate surface area is 196 Å². The fraction of sp³-hybridized carbons (Fsp3) is 0.385. The number of nitrogens with one attached hydrogen (secondary N) is 1. The molecular formula is C26H26FN3O4. The third kappa shape index (κ3) is 4.85. The van der Waals surface area contributed by atoms with Crippen LogP contribution < -0.4 is 10.1 Å². The van der Waals surface area contributed by atoms with Crippen molar-refractivity contribution in [2.45, 2.75) is 57.6 Å². The fourth-order valence-electron chi connectivity index (χ4n) is 4.22. The molecule has 0 saturated heterocycles. The van der Waals surface area contributed by atoms with E-state index in [-0.39, 0.29) is 35.0 Å². The van der Waals surface area contributed by atoms with Crippen LogP contribution in [-0.4, -0.2) is 27.9 Å². The predicted octanol–water partition coefficient (Wildman–Crippen LogP) is 5.28. The van der Waals surface area contributed by atoms with Crippen molar-refractivity contribution in [1.82, 2.24) is 15.5 Å². The number of Topliss-reactive ketones (excluding diaryl/α,β-unsaturated/α-hetero) is 1. The average Bonchev–Trinajstić information content (AvgIpc) is 3.33. The average molecular weight is 464 g/mol. The number of ether oxygens (including phenoxy) is 1. The normalized spacial score (nSPS) is 16.9. The number of ketones is 1. The maximum Gasteiger partial charge on any atom is 0.267 e. The zero-order valence-corrected chi connectivity index (χ0v) is 18.9. The Bertz CT molecular complexity index is 1200. The molecule has 2 saturated carbocycles. The van der Waals surface area contributed by atoms with Crippen molar-refractivity contribution in [1.29, 1.82) is 0 Å². The van der Waals surface area contributed by atoms with Crippen LogP contribution >= 0.6 is 0 Å². The lowest BCUT2D eigenvalue weighted by molar-refractivity contribution is 0.0932. The molecule has 176 valence electrons. The third-order valence-electron chi connectivity index (χ3n) is 6.35. The van der Waals surface area contributed by atoms with Gasteiger partial charge in [0.05, 0.1) is 5.56 Å². The molecule has 2 aliphatic rings. The van der Waals surface area contributed by atoms with Crippen molar-refractivity contribution in [3.8, 4) is 17.1 Å². The molecule has 1 aromatic heterocycles. The van der Waals surface area contributed by atoms with E-state index in [0.717, 1.165) is 38.5 Å². The minimum Gasteiger partial charge on any atom is -0.481 e. The number of carbonyl (C=O) groups is 2. The summed E-state index contributed by atoms with van der Waals surface area (Å²) in [4.78, 5) is 28.9. The van der Waals surface area contributed by atoms with Crippen LogP contribution in [0.15, 0.2) is 47.0 Å². The monoisotopic (exact) mass is 463 g/mol. The minimum atomic E-state index is -0.635. The van der Waals surface area contributed by atoms with Gasteiger partial charge in [-0.05, 0) is 69.0 Å². The van der Waals surface area contributed by atoms with E-state index in [9.17, 15) is 14.0 Å². The molecule has 0 spiro atoms. The summed E-state index contributed by atoms with van der Waals surface area (Å²) in [6.45, 7) is 1.76. The zero-order chi connectivity index (χ0) is 23.7. The molecule has 1 heterocycles. The van der Waals surface area contributed by atoms with Gasteiger partial charge in [0.25, 0.3) is 11.8 Å². The molecule has 2 aromatic carbocycles. The summed E-state index contributed by atoms with van der Waals surface area (Å²) in [6, 6.07) is 11.4. The van der Waals surface area contributed by atoms with Gasteiger partial charge in [-0.1, -0.05) is 24.1 Å². The Kier molecular flexibility index (Phi) is 6.13. The lowest BCUT2D eigenvalue weighted by Crippen LogP contribution is -2.33. The van der Waals surface area contributed by atoms with Gasteiger partial charge in [-0.25, -0.2) is 4.39 Å². The molecule has 1 atom stereocenters. The van der Waals surface area contributed by atoms with Crippen molar-refractivity contribution < 1.29 is 23.2 Å². The molecule has 8 heteroatoms. The van der Waals surface area contributed by atoms with Crippen LogP contribution in [0.25, 0.3) is 11.4 Å². The number of carbonyl (C=O) groups excluding carboxylic acids is 2. The van der Waals surface area contributed by atoms with E-state index in [1.54, 1.807) is 37.3 Å². The lowest BCUT2D eigenvalue weighted by atomic mass is 10.1. The van der Waals surface area contributed by atoms with Crippen molar-refractivity contribution in [2.24, 2.45) is 5.92 Å². The highest BCUT2D eigenvalue weighted by atomic mass is 19.1. The maximum absolute atomic E-state index is 14.7. The van der Waals surface area contributed by atoms with Gasteiger partial charge >= 0.3 is 0 Å². The molecule has 1 unspecified atom stereocenters. The van der Waals surface area contributed by atoms with Gasteiger partial charge in [0.1, 0.15) is 11.6 Å². The van der Waals surface area contributed by atoms with Crippen LogP contribution in [0.3, 0.4) is 0 Å². The van der Waals surface area contributed by atoms with Gasteiger partial charge in [-0.15, -0.1) is 0 Å². The third-order valence-corrected chi connectivity index (χ3v) is 6.35. The lowest BCUT2D eigenvalue weighted by Gasteiger charge is -2.12.